The lowest BCUT2D eigenvalue weighted by Gasteiger charge is -2.38. The number of aliphatic hydroxyl groups excluding tert-OH is 1. The largest absolute Gasteiger partial charge is 0.392 e. The first-order valence-corrected chi connectivity index (χ1v) is 12.9. The Bertz CT molecular complexity index is 1160. The molecule has 5 heteroatoms. The number of nitrogens with one attached hydrogen (secondary N) is 1. The third-order valence-electron chi connectivity index (χ3n) is 8.06. The van der Waals surface area contributed by atoms with Gasteiger partial charge in [0.2, 0.25) is 0 Å². The van der Waals surface area contributed by atoms with Crippen LogP contribution in [0, 0.1) is 6.92 Å². The first-order valence-electron chi connectivity index (χ1n) is 12.9. The Balaban J connectivity index is 1.61. The Kier molecular flexibility index (Phi) is 7.18. The van der Waals surface area contributed by atoms with Crippen molar-refractivity contribution in [3.8, 4) is 0 Å². The number of hydrogen-bond acceptors (Lipinski definition) is 4. The summed E-state index contributed by atoms with van der Waals surface area (Å²) in [4.78, 5) is 13.7. The van der Waals surface area contributed by atoms with E-state index in [0.717, 1.165) is 48.3 Å². The number of rotatable bonds is 9. The van der Waals surface area contributed by atoms with Crippen LogP contribution in [0.5, 0.6) is 0 Å². The summed E-state index contributed by atoms with van der Waals surface area (Å²) in [6.07, 6.45) is 4.08. The summed E-state index contributed by atoms with van der Waals surface area (Å²) in [6.45, 7) is 10.8. The van der Waals surface area contributed by atoms with Crippen LogP contribution in [0.3, 0.4) is 0 Å². The molecule has 0 fully saturated rings. The summed E-state index contributed by atoms with van der Waals surface area (Å²) in [5.41, 5.74) is 4.64. The molecule has 0 saturated heterocycles. The number of ketones is 1. The highest BCUT2D eigenvalue weighted by atomic mass is 16.3. The molecule has 0 unspecified atom stereocenters. The number of aromatic nitrogens is 2. The molecule has 1 atom stereocenters. The van der Waals surface area contributed by atoms with Crippen LogP contribution >= 0.6 is 0 Å². The molecule has 0 saturated carbocycles. The molecular formula is C30H39N3O2. The Morgan fingerprint density at radius 3 is 2.37 bits per heavy atom. The molecule has 3 aromatic rings. The number of hydrogen-bond donors (Lipinski definition) is 2. The molecule has 1 aliphatic heterocycles. The number of aliphatic hydroxyl groups is 1. The molecule has 1 aliphatic rings. The molecule has 0 spiro atoms. The fraction of sp³-hybridized carbons (Fsp3) is 0.467. The van der Waals surface area contributed by atoms with Gasteiger partial charge in [-0.05, 0) is 68.6 Å². The van der Waals surface area contributed by atoms with Gasteiger partial charge in [-0.25, -0.2) is 4.68 Å². The number of carbonyl (C=O) groups is 1. The van der Waals surface area contributed by atoms with E-state index in [2.05, 4.69) is 69.4 Å². The average Bonchev–Trinajstić information content (AvgIpc) is 3.22. The second-order valence-electron chi connectivity index (χ2n) is 10.6. The van der Waals surface area contributed by atoms with Crippen molar-refractivity contribution < 1.29 is 9.90 Å². The first-order chi connectivity index (χ1) is 16.7. The number of nitrogens with zero attached hydrogens (tertiary/aromatic N) is 2. The maximum atomic E-state index is 13.7. The van der Waals surface area contributed by atoms with Crippen molar-refractivity contribution in [3.63, 3.8) is 0 Å². The van der Waals surface area contributed by atoms with E-state index in [4.69, 9.17) is 5.10 Å². The summed E-state index contributed by atoms with van der Waals surface area (Å²) in [5, 5.41) is 17.9. The van der Waals surface area contributed by atoms with Crippen molar-refractivity contribution in [1.82, 2.24) is 9.78 Å². The fourth-order valence-corrected chi connectivity index (χ4v) is 5.72. The van der Waals surface area contributed by atoms with Gasteiger partial charge in [0.25, 0.3) is 0 Å². The monoisotopic (exact) mass is 473 g/mol. The van der Waals surface area contributed by atoms with Gasteiger partial charge < -0.3 is 10.4 Å². The standard InChI is InChI=1S/C30H39N3O2/c1-6-30(7-2,24-15-13-22(20-34)14-16-24)18-17-26(35)27-21(3)32-33-28(27)31-25(19-29(33,4)5)23-11-9-8-10-12-23/h8-16,25,31,34H,6-7,17-20H2,1-5H3/t25-/m1/s1. The molecule has 5 nitrogen and oxygen atoms in total. The molecule has 35 heavy (non-hydrogen) atoms. The molecule has 2 aromatic carbocycles. The van der Waals surface area contributed by atoms with Crippen molar-refractivity contribution in [2.45, 2.75) is 90.3 Å². The number of aryl methyl sites for hydroxylation is 1. The molecule has 1 aromatic heterocycles. The van der Waals surface area contributed by atoms with Gasteiger partial charge in [0, 0.05) is 6.42 Å². The quantitative estimate of drug-likeness (QED) is 0.340. The highest BCUT2D eigenvalue weighted by Crippen LogP contribution is 2.42. The van der Waals surface area contributed by atoms with Crippen LogP contribution in [0.1, 0.15) is 98.6 Å². The SMILES string of the molecule is CCC(CC)(CCC(=O)c1c(C)nn2c1N[C@@H](c1ccccc1)CC2(C)C)c1ccc(CO)cc1. The van der Waals surface area contributed by atoms with Crippen LogP contribution in [0.15, 0.2) is 54.6 Å². The maximum Gasteiger partial charge on any atom is 0.168 e. The summed E-state index contributed by atoms with van der Waals surface area (Å²) in [6, 6.07) is 18.8. The molecule has 0 bridgehead atoms. The van der Waals surface area contributed by atoms with Gasteiger partial charge in [0.1, 0.15) is 5.82 Å². The average molecular weight is 474 g/mol. The third-order valence-corrected chi connectivity index (χ3v) is 8.06. The van der Waals surface area contributed by atoms with Crippen LogP contribution in [0.2, 0.25) is 0 Å². The Morgan fingerprint density at radius 1 is 1.11 bits per heavy atom. The van der Waals surface area contributed by atoms with E-state index in [1.807, 2.05) is 29.8 Å². The normalized spacial score (nSPS) is 17.0. The van der Waals surface area contributed by atoms with E-state index >= 15 is 0 Å². The summed E-state index contributed by atoms with van der Waals surface area (Å²) in [5.74, 6) is 1.00. The predicted molar refractivity (Wildman–Crippen MR) is 142 cm³/mol. The lowest BCUT2D eigenvalue weighted by Crippen LogP contribution is -2.38. The number of Topliss-reactive ketones (excluding diaryl/α,β-unsaturated/α-hetero) is 1. The lowest BCUT2D eigenvalue weighted by atomic mass is 9.72. The zero-order chi connectivity index (χ0) is 25.2. The van der Waals surface area contributed by atoms with E-state index in [0.29, 0.717) is 6.42 Å². The minimum Gasteiger partial charge on any atom is -0.392 e. The molecular weight excluding hydrogens is 434 g/mol. The zero-order valence-electron chi connectivity index (χ0n) is 21.8. The van der Waals surface area contributed by atoms with Crippen LogP contribution in [0.25, 0.3) is 0 Å². The topological polar surface area (TPSA) is 67.2 Å². The summed E-state index contributed by atoms with van der Waals surface area (Å²) < 4.78 is 2.02. The van der Waals surface area contributed by atoms with Crippen LogP contribution in [-0.2, 0) is 17.6 Å². The van der Waals surface area contributed by atoms with Crippen LogP contribution in [0.4, 0.5) is 5.82 Å². The summed E-state index contributed by atoms with van der Waals surface area (Å²) >= 11 is 0. The minimum atomic E-state index is -0.199. The molecule has 0 radical (unpaired) electrons. The Morgan fingerprint density at radius 2 is 1.77 bits per heavy atom. The molecule has 186 valence electrons. The second-order valence-corrected chi connectivity index (χ2v) is 10.6. The van der Waals surface area contributed by atoms with E-state index in [1.165, 1.54) is 11.1 Å². The molecule has 2 heterocycles. The van der Waals surface area contributed by atoms with Gasteiger partial charge in [0.15, 0.2) is 5.78 Å². The Hall–Kier alpha value is -2.92. The second kappa shape index (κ2) is 9.98. The Labute approximate surface area is 209 Å². The van der Waals surface area contributed by atoms with Crippen molar-refractivity contribution in [1.29, 1.82) is 0 Å². The third kappa shape index (κ3) is 4.79. The van der Waals surface area contributed by atoms with E-state index in [-0.39, 0.29) is 29.4 Å². The number of fused-ring (bicyclic) bond motifs is 1. The van der Waals surface area contributed by atoms with Gasteiger partial charge >= 0.3 is 0 Å². The van der Waals surface area contributed by atoms with E-state index in [1.54, 1.807) is 0 Å². The molecule has 2 N–H and O–H groups in total. The molecule has 4 rings (SSSR count). The van der Waals surface area contributed by atoms with Crippen LogP contribution in [-0.4, -0.2) is 20.7 Å². The van der Waals surface area contributed by atoms with Gasteiger partial charge in [0.05, 0.1) is 29.4 Å². The molecule has 0 amide bonds. The van der Waals surface area contributed by atoms with Crippen molar-refractivity contribution in [2.24, 2.45) is 0 Å². The number of anilines is 1. The van der Waals surface area contributed by atoms with Gasteiger partial charge in [-0.2, -0.15) is 5.10 Å². The summed E-state index contributed by atoms with van der Waals surface area (Å²) in [7, 11) is 0. The van der Waals surface area contributed by atoms with Crippen molar-refractivity contribution in [2.75, 3.05) is 5.32 Å². The van der Waals surface area contributed by atoms with Gasteiger partial charge in [-0.3, -0.25) is 4.79 Å². The van der Waals surface area contributed by atoms with Crippen LogP contribution < -0.4 is 5.32 Å². The highest BCUT2D eigenvalue weighted by molar-refractivity contribution is 6.02. The van der Waals surface area contributed by atoms with Crippen molar-refractivity contribution in [3.05, 3.63) is 82.5 Å². The van der Waals surface area contributed by atoms with Gasteiger partial charge in [-0.15, -0.1) is 0 Å². The van der Waals surface area contributed by atoms with E-state index in [9.17, 15) is 9.90 Å². The first kappa shape index (κ1) is 25.2. The van der Waals surface area contributed by atoms with E-state index < -0.39 is 0 Å². The zero-order valence-corrected chi connectivity index (χ0v) is 21.8. The molecule has 0 aliphatic carbocycles. The number of benzene rings is 2. The van der Waals surface area contributed by atoms with Gasteiger partial charge in [-0.1, -0.05) is 68.4 Å². The fourth-order valence-electron chi connectivity index (χ4n) is 5.72. The van der Waals surface area contributed by atoms with Crippen molar-refractivity contribution >= 4 is 11.6 Å². The predicted octanol–water partition coefficient (Wildman–Crippen LogP) is 6.70. The number of carbonyl (C=O) groups excluding carboxylic acids is 1. The smallest absolute Gasteiger partial charge is 0.168 e. The maximum absolute atomic E-state index is 13.7. The highest BCUT2D eigenvalue weighted by Gasteiger charge is 2.38. The lowest BCUT2D eigenvalue weighted by molar-refractivity contribution is 0.0968. The minimum absolute atomic E-state index is 0.0450.